The number of aliphatic carboxylic acids is 1. The van der Waals surface area contributed by atoms with Crippen LogP contribution in [0.5, 0.6) is 0 Å². The highest BCUT2D eigenvalue weighted by atomic mass is 16.5. The Morgan fingerprint density at radius 2 is 1.74 bits per heavy atom. The van der Waals surface area contributed by atoms with E-state index in [9.17, 15) is 14.4 Å². The number of hydrogen-bond donors (Lipinski definition) is 3. The lowest BCUT2D eigenvalue weighted by atomic mass is 9.98. The third-order valence-electron chi connectivity index (χ3n) is 6.46. The number of carboxylic acids is 1. The summed E-state index contributed by atoms with van der Waals surface area (Å²) in [6.45, 7) is 2.45. The van der Waals surface area contributed by atoms with Crippen LogP contribution in [0.25, 0.3) is 11.1 Å². The Morgan fingerprint density at radius 3 is 2.32 bits per heavy atom. The molecular formula is C26H30N2O6. The summed E-state index contributed by atoms with van der Waals surface area (Å²) in [6.07, 6.45) is 0.524. The van der Waals surface area contributed by atoms with Gasteiger partial charge in [-0.25, -0.2) is 4.79 Å². The fraction of sp³-hybridized carbons (Fsp3) is 0.423. The largest absolute Gasteiger partial charge is 0.481 e. The van der Waals surface area contributed by atoms with Crippen molar-refractivity contribution in [2.75, 3.05) is 19.8 Å². The van der Waals surface area contributed by atoms with E-state index in [0.717, 1.165) is 22.3 Å². The molecular weight excluding hydrogens is 436 g/mol. The Morgan fingerprint density at radius 1 is 1.09 bits per heavy atom. The summed E-state index contributed by atoms with van der Waals surface area (Å²) in [5, 5.41) is 14.5. The van der Waals surface area contributed by atoms with Crippen molar-refractivity contribution in [3.63, 3.8) is 0 Å². The van der Waals surface area contributed by atoms with E-state index in [2.05, 4.69) is 34.9 Å². The van der Waals surface area contributed by atoms with Crippen LogP contribution in [0, 0.1) is 5.92 Å². The van der Waals surface area contributed by atoms with Crippen LogP contribution in [0.15, 0.2) is 48.5 Å². The van der Waals surface area contributed by atoms with Crippen molar-refractivity contribution in [2.24, 2.45) is 5.92 Å². The molecule has 8 heteroatoms. The van der Waals surface area contributed by atoms with E-state index in [1.165, 1.54) is 0 Å². The summed E-state index contributed by atoms with van der Waals surface area (Å²) in [7, 11) is 0. The Labute approximate surface area is 198 Å². The Kier molecular flexibility index (Phi) is 7.47. The number of carboxylic acid groups (broad SMARTS) is 1. The summed E-state index contributed by atoms with van der Waals surface area (Å²) in [6, 6.07) is 15.5. The van der Waals surface area contributed by atoms with Gasteiger partial charge in [-0.3, -0.25) is 9.59 Å². The van der Waals surface area contributed by atoms with E-state index in [-0.39, 0.29) is 37.7 Å². The van der Waals surface area contributed by atoms with Crippen LogP contribution < -0.4 is 10.6 Å². The van der Waals surface area contributed by atoms with Crippen molar-refractivity contribution in [1.82, 2.24) is 10.6 Å². The van der Waals surface area contributed by atoms with Gasteiger partial charge in [-0.15, -0.1) is 0 Å². The lowest BCUT2D eigenvalue weighted by molar-refractivity contribution is -0.141. The average Bonchev–Trinajstić information content (AvgIpc) is 3.44. The van der Waals surface area contributed by atoms with E-state index >= 15 is 0 Å². The molecule has 1 aliphatic carbocycles. The third-order valence-corrected chi connectivity index (χ3v) is 6.46. The molecule has 2 amide bonds. The number of nitrogens with one attached hydrogen (secondary N) is 2. The third kappa shape index (κ3) is 5.22. The maximum Gasteiger partial charge on any atom is 0.407 e. The minimum Gasteiger partial charge on any atom is -0.481 e. The van der Waals surface area contributed by atoms with Crippen molar-refractivity contribution in [3.8, 4) is 11.1 Å². The van der Waals surface area contributed by atoms with Crippen LogP contribution in [0.2, 0.25) is 0 Å². The van der Waals surface area contributed by atoms with Gasteiger partial charge in [0, 0.05) is 12.5 Å². The van der Waals surface area contributed by atoms with Gasteiger partial charge >= 0.3 is 12.1 Å². The molecule has 34 heavy (non-hydrogen) atoms. The minimum absolute atomic E-state index is 0.0571. The van der Waals surface area contributed by atoms with Crippen molar-refractivity contribution in [3.05, 3.63) is 59.7 Å². The number of fused-ring (bicyclic) bond motifs is 3. The van der Waals surface area contributed by atoms with Gasteiger partial charge in [0.2, 0.25) is 5.91 Å². The summed E-state index contributed by atoms with van der Waals surface area (Å²) >= 11 is 0. The standard InChI is InChI=1S/C26H30N2O6/c1-2-7-23(24(29)27-13-17-12-16(14-33-17)25(30)31)28-26(32)34-15-22-20-10-5-3-8-18(20)19-9-4-6-11-21(19)22/h3-6,8-11,16-17,22-23H,2,7,12-15H2,1H3,(H,27,29)(H,28,32)(H,30,31)/t16-,17-,23-/m0/s1. The fourth-order valence-corrected chi connectivity index (χ4v) is 4.70. The maximum atomic E-state index is 12.7. The van der Waals surface area contributed by atoms with Crippen LogP contribution >= 0.6 is 0 Å². The van der Waals surface area contributed by atoms with E-state index in [1.54, 1.807) is 0 Å². The van der Waals surface area contributed by atoms with Crippen LogP contribution in [-0.2, 0) is 19.1 Å². The molecule has 2 aliphatic rings. The summed E-state index contributed by atoms with van der Waals surface area (Å²) in [5.74, 6) is -1.84. The molecule has 0 unspecified atom stereocenters. The molecule has 1 heterocycles. The zero-order chi connectivity index (χ0) is 24.1. The lowest BCUT2D eigenvalue weighted by Crippen LogP contribution is -2.48. The first-order chi connectivity index (χ1) is 16.5. The number of carbonyl (C=O) groups is 3. The number of carbonyl (C=O) groups excluding carboxylic acids is 2. The smallest absolute Gasteiger partial charge is 0.407 e. The van der Waals surface area contributed by atoms with E-state index in [1.807, 2.05) is 31.2 Å². The molecule has 3 atom stereocenters. The molecule has 1 fully saturated rings. The van der Waals surface area contributed by atoms with Crippen molar-refractivity contribution < 1.29 is 29.0 Å². The molecule has 1 saturated heterocycles. The topological polar surface area (TPSA) is 114 Å². The molecule has 1 aliphatic heterocycles. The van der Waals surface area contributed by atoms with Gasteiger partial charge in [-0.2, -0.15) is 0 Å². The highest BCUT2D eigenvalue weighted by molar-refractivity contribution is 5.85. The van der Waals surface area contributed by atoms with Crippen LogP contribution in [-0.4, -0.2) is 55.0 Å². The zero-order valence-corrected chi connectivity index (χ0v) is 19.2. The second-order valence-corrected chi connectivity index (χ2v) is 8.78. The molecule has 0 spiro atoms. The quantitative estimate of drug-likeness (QED) is 0.523. The Hall–Kier alpha value is -3.39. The van der Waals surface area contributed by atoms with Gasteiger partial charge in [0.1, 0.15) is 12.6 Å². The molecule has 2 aromatic carbocycles. The second kappa shape index (κ2) is 10.7. The summed E-state index contributed by atoms with van der Waals surface area (Å²) < 4.78 is 11.0. The molecule has 8 nitrogen and oxygen atoms in total. The van der Waals surface area contributed by atoms with Crippen molar-refractivity contribution in [2.45, 2.75) is 44.2 Å². The van der Waals surface area contributed by atoms with Crippen LogP contribution in [0.3, 0.4) is 0 Å². The number of ether oxygens (including phenoxy) is 2. The maximum absolute atomic E-state index is 12.7. The van der Waals surface area contributed by atoms with Gasteiger partial charge < -0.3 is 25.2 Å². The predicted octanol–water partition coefficient (Wildman–Crippen LogP) is 3.30. The Bertz CT molecular complexity index is 1010. The molecule has 3 N–H and O–H groups in total. The highest BCUT2D eigenvalue weighted by Crippen LogP contribution is 2.44. The van der Waals surface area contributed by atoms with Gasteiger partial charge in [0.25, 0.3) is 0 Å². The molecule has 0 aromatic heterocycles. The Balaban J connectivity index is 1.31. The molecule has 2 aromatic rings. The highest BCUT2D eigenvalue weighted by Gasteiger charge is 2.32. The number of benzene rings is 2. The number of hydrogen-bond acceptors (Lipinski definition) is 5. The predicted molar refractivity (Wildman–Crippen MR) is 125 cm³/mol. The van der Waals surface area contributed by atoms with E-state index < -0.39 is 24.0 Å². The van der Waals surface area contributed by atoms with Gasteiger partial charge in [0.05, 0.1) is 18.6 Å². The molecule has 4 rings (SSSR count). The summed E-state index contributed by atoms with van der Waals surface area (Å²) in [4.78, 5) is 36.3. The first kappa shape index (κ1) is 23.8. The minimum atomic E-state index is -0.894. The van der Waals surface area contributed by atoms with E-state index in [0.29, 0.717) is 19.3 Å². The SMILES string of the molecule is CCC[C@H](NC(=O)OCC1c2ccccc2-c2ccccc21)C(=O)NC[C@@H]1C[C@H](C(=O)O)CO1. The second-order valence-electron chi connectivity index (χ2n) is 8.78. The number of rotatable bonds is 9. The number of alkyl carbamates (subject to hydrolysis) is 1. The van der Waals surface area contributed by atoms with Crippen molar-refractivity contribution >= 4 is 18.0 Å². The summed E-state index contributed by atoms with van der Waals surface area (Å²) in [5.41, 5.74) is 4.54. The average molecular weight is 467 g/mol. The molecule has 0 bridgehead atoms. The first-order valence-electron chi connectivity index (χ1n) is 11.7. The fourth-order valence-electron chi connectivity index (χ4n) is 4.70. The van der Waals surface area contributed by atoms with Crippen LogP contribution in [0.1, 0.15) is 43.2 Å². The van der Waals surface area contributed by atoms with Crippen molar-refractivity contribution in [1.29, 1.82) is 0 Å². The van der Waals surface area contributed by atoms with Crippen LogP contribution in [0.4, 0.5) is 4.79 Å². The van der Waals surface area contributed by atoms with E-state index in [4.69, 9.17) is 14.6 Å². The molecule has 180 valence electrons. The van der Waals surface area contributed by atoms with Gasteiger partial charge in [-0.1, -0.05) is 61.9 Å². The molecule has 0 radical (unpaired) electrons. The normalized spacial score (nSPS) is 19.7. The van der Waals surface area contributed by atoms with Gasteiger partial charge in [-0.05, 0) is 35.1 Å². The number of amides is 2. The zero-order valence-electron chi connectivity index (χ0n) is 19.2. The van der Waals surface area contributed by atoms with Gasteiger partial charge in [0.15, 0.2) is 0 Å². The molecule has 0 saturated carbocycles. The lowest BCUT2D eigenvalue weighted by Gasteiger charge is -2.20. The monoisotopic (exact) mass is 466 g/mol. The first-order valence-corrected chi connectivity index (χ1v) is 11.7.